The van der Waals surface area contributed by atoms with Crippen LogP contribution in [0.15, 0.2) is 60.7 Å². The van der Waals surface area contributed by atoms with Crippen LogP contribution in [0.3, 0.4) is 0 Å². The van der Waals surface area contributed by atoms with Crippen LogP contribution in [0.25, 0.3) is 11.3 Å². The van der Waals surface area contributed by atoms with Gasteiger partial charge in [-0.05, 0) is 56.2 Å². The summed E-state index contributed by atoms with van der Waals surface area (Å²) >= 11 is 5.96. The fourth-order valence-corrected chi connectivity index (χ4v) is 3.92. The van der Waals surface area contributed by atoms with Gasteiger partial charge in [0.1, 0.15) is 12.4 Å². The van der Waals surface area contributed by atoms with Gasteiger partial charge in [0, 0.05) is 23.7 Å². The molecule has 7 heteroatoms. The van der Waals surface area contributed by atoms with Crippen LogP contribution in [-0.4, -0.2) is 42.3 Å². The maximum absolute atomic E-state index is 12.7. The highest BCUT2D eigenvalue weighted by molar-refractivity contribution is 6.30. The molecular formula is C25H27ClN4O2. The van der Waals surface area contributed by atoms with Gasteiger partial charge in [-0.3, -0.25) is 4.79 Å². The number of aromatic nitrogens is 2. The molecule has 1 amide bonds. The van der Waals surface area contributed by atoms with Gasteiger partial charge in [0.15, 0.2) is 5.82 Å². The van der Waals surface area contributed by atoms with Crippen molar-refractivity contribution in [2.45, 2.75) is 19.8 Å². The molecule has 3 aromatic rings. The van der Waals surface area contributed by atoms with E-state index in [0.717, 1.165) is 42.2 Å². The number of nitrogens with one attached hydrogen (secondary N) is 1. The third kappa shape index (κ3) is 5.77. The monoisotopic (exact) mass is 450 g/mol. The van der Waals surface area contributed by atoms with Gasteiger partial charge in [-0.25, -0.2) is 0 Å². The summed E-state index contributed by atoms with van der Waals surface area (Å²) in [6.07, 6.45) is 1.82. The Morgan fingerprint density at radius 2 is 1.88 bits per heavy atom. The Bertz CT molecular complexity index is 1020. The van der Waals surface area contributed by atoms with Crippen LogP contribution < -0.4 is 15.0 Å². The van der Waals surface area contributed by atoms with Gasteiger partial charge in [0.05, 0.1) is 18.2 Å². The lowest BCUT2D eigenvalue weighted by molar-refractivity contribution is -0.125. The number of ether oxygens (including phenoxy) is 1. The van der Waals surface area contributed by atoms with Crippen molar-refractivity contribution in [1.82, 2.24) is 15.5 Å². The van der Waals surface area contributed by atoms with Gasteiger partial charge in [-0.15, -0.1) is 10.2 Å². The molecule has 6 nitrogen and oxygen atoms in total. The van der Waals surface area contributed by atoms with Gasteiger partial charge in [-0.2, -0.15) is 0 Å². The van der Waals surface area contributed by atoms with Crippen molar-refractivity contribution in [2.75, 3.05) is 31.1 Å². The van der Waals surface area contributed by atoms with Crippen molar-refractivity contribution in [3.8, 4) is 17.0 Å². The maximum atomic E-state index is 12.7. The van der Waals surface area contributed by atoms with Crippen LogP contribution in [0.1, 0.15) is 18.4 Å². The van der Waals surface area contributed by atoms with Gasteiger partial charge < -0.3 is 15.0 Å². The second-order valence-corrected chi connectivity index (χ2v) is 8.46. The zero-order valence-electron chi connectivity index (χ0n) is 18.1. The highest BCUT2D eigenvalue weighted by atomic mass is 35.5. The predicted molar refractivity (Wildman–Crippen MR) is 127 cm³/mol. The van der Waals surface area contributed by atoms with Crippen molar-refractivity contribution >= 4 is 23.3 Å². The molecule has 1 aromatic heterocycles. The fraction of sp³-hybridized carbons (Fsp3) is 0.320. The molecule has 1 saturated heterocycles. The molecule has 1 N–H and O–H groups in total. The van der Waals surface area contributed by atoms with E-state index in [4.69, 9.17) is 16.3 Å². The molecule has 0 radical (unpaired) electrons. The van der Waals surface area contributed by atoms with Gasteiger partial charge in [0.25, 0.3) is 0 Å². The number of amides is 1. The molecule has 0 saturated carbocycles. The molecule has 166 valence electrons. The third-order valence-electron chi connectivity index (χ3n) is 5.60. The number of carbonyl (C=O) groups is 1. The molecule has 1 aliphatic heterocycles. The number of aryl methyl sites for hydroxylation is 1. The molecule has 2 aromatic carbocycles. The number of carbonyl (C=O) groups excluding carboxylic acids is 1. The van der Waals surface area contributed by atoms with Crippen LogP contribution in [0.4, 0.5) is 5.82 Å². The zero-order chi connectivity index (χ0) is 22.3. The quantitative estimate of drug-likeness (QED) is 0.536. The standard InChI is InChI=1S/C25H27ClN4O2/c1-18-4-10-22(11-5-18)32-16-14-27-25(31)20-3-2-15-30(17-20)24-13-12-23(28-29-24)19-6-8-21(26)9-7-19/h4-13,20H,2-3,14-17H2,1H3,(H,27,31). The Labute approximate surface area is 193 Å². The van der Waals surface area contributed by atoms with E-state index in [-0.39, 0.29) is 11.8 Å². The normalized spacial score (nSPS) is 15.9. The van der Waals surface area contributed by atoms with Crippen molar-refractivity contribution in [2.24, 2.45) is 5.92 Å². The molecular weight excluding hydrogens is 424 g/mol. The second kappa shape index (κ2) is 10.5. The Balaban J connectivity index is 1.27. The fourth-order valence-electron chi connectivity index (χ4n) is 3.79. The smallest absolute Gasteiger partial charge is 0.225 e. The first-order valence-corrected chi connectivity index (χ1v) is 11.3. The first kappa shape index (κ1) is 22.1. The van der Waals surface area contributed by atoms with Crippen molar-refractivity contribution in [1.29, 1.82) is 0 Å². The number of nitrogens with zero attached hydrogens (tertiary/aromatic N) is 3. The summed E-state index contributed by atoms with van der Waals surface area (Å²) < 4.78 is 5.69. The topological polar surface area (TPSA) is 67.3 Å². The van der Waals surface area contributed by atoms with E-state index in [1.807, 2.05) is 67.6 Å². The van der Waals surface area contributed by atoms with Gasteiger partial charge in [-0.1, -0.05) is 41.4 Å². The average Bonchev–Trinajstić information content (AvgIpc) is 2.83. The molecule has 4 rings (SSSR count). The van der Waals surface area contributed by atoms with Crippen LogP contribution in [0.5, 0.6) is 5.75 Å². The molecule has 1 unspecified atom stereocenters. The minimum atomic E-state index is -0.0686. The summed E-state index contributed by atoms with van der Waals surface area (Å²) in [4.78, 5) is 14.8. The van der Waals surface area contributed by atoms with Crippen LogP contribution in [0, 0.1) is 12.8 Å². The minimum Gasteiger partial charge on any atom is -0.492 e. The summed E-state index contributed by atoms with van der Waals surface area (Å²) in [6.45, 7) is 4.48. The molecule has 0 bridgehead atoms. The molecule has 0 spiro atoms. The van der Waals surface area contributed by atoms with E-state index in [1.54, 1.807) is 0 Å². The number of piperidine rings is 1. The van der Waals surface area contributed by atoms with Crippen LogP contribution in [-0.2, 0) is 4.79 Å². The summed E-state index contributed by atoms with van der Waals surface area (Å²) in [5.74, 6) is 1.60. The molecule has 1 fully saturated rings. The first-order valence-electron chi connectivity index (χ1n) is 10.9. The van der Waals surface area contributed by atoms with Crippen LogP contribution >= 0.6 is 11.6 Å². The molecule has 32 heavy (non-hydrogen) atoms. The summed E-state index contributed by atoms with van der Waals surface area (Å²) in [7, 11) is 0. The lowest BCUT2D eigenvalue weighted by Gasteiger charge is -2.32. The summed E-state index contributed by atoms with van der Waals surface area (Å²) in [5.41, 5.74) is 2.96. The number of anilines is 1. The highest BCUT2D eigenvalue weighted by Crippen LogP contribution is 2.24. The summed E-state index contributed by atoms with van der Waals surface area (Å²) in [5, 5.41) is 12.5. The van der Waals surface area contributed by atoms with Gasteiger partial charge in [0.2, 0.25) is 5.91 Å². The lowest BCUT2D eigenvalue weighted by Crippen LogP contribution is -2.44. The summed E-state index contributed by atoms with van der Waals surface area (Å²) in [6, 6.07) is 19.4. The number of halogens is 1. The van der Waals surface area contributed by atoms with E-state index in [1.165, 1.54) is 5.56 Å². The number of hydrogen-bond donors (Lipinski definition) is 1. The van der Waals surface area contributed by atoms with E-state index in [0.29, 0.717) is 24.7 Å². The van der Waals surface area contributed by atoms with E-state index in [2.05, 4.69) is 20.4 Å². The largest absolute Gasteiger partial charge is 0.492 e. The van der Waals surface area contributed by atoms with Crippen molar-refractivity contribution < 1.29 is 9.53 Å². The SMILES string of the molecule is Cc1ccc(OCCNC(=O)C2CCCN(c3ccc(-c4ccc(Cl)cc4)nn3)C2)cc1. The first-order chi connectivity index (χ1) is 15.6. The minimum absolute atomic E-state index is 0.0629. The van der Waals surface area contributed by atoms with Crippen molar-refractivity contribution in [3.63, 3.8) is 0 Å². The second-order valence-electron chi connectivity index (χ2n) is 8.02. The van der Waals surface area contributed by atoms with E-state index in [9.17, 15) is 4.79 Å². The Hall–Kier alpha value is -3.12. The number of rotatable bonds is 7. The lowest BCUT2D eigenvalue weighted by atomic mass is 9.97. The number of hydrogen-bond acceptors (Lipinski definition) is 5. The van der Waals surface area contributed by atoms with E-state index >= 15 is 0 Å². The maximum Gasteiger partial charge on any atom is 0.225 e. The predicted octanol–water partition coefficient (Wildman–Crippen LogP) is 4.52. The van der Waals surface area contributed by atoms with Crippen molar-refractivity contribution in [3.05, 3.63) is 71.2 Å². The zero-order valence-corrected chi connectivity index (χ0v) is 18.9. The molecule has 0 aliphatic carbocycles. The Morgan fingerprint density at radius 3 is 2.59 bits per heavy atom. The molecule has 1 atom stereocenters. The van der Waals surface area contributed by atoms with Crippen LogP contribution in [0.2, 0.25) is 5.02 Å². The Morgan fingerprint density at radius 1 is 1.09 bits per heavy atom. The third-order valence-corrected chi connectivity index (χ3v) is 5.85. The average molecular weight is 451 g/mol. The number of benzene rings is 2. The molecule has 1 aliphatic rings. The Kier molecular flexibility index (Phi) is 7.22. The molecule has 2 heterocycles. The van der Waals surface area contributed by atoms with E-state index < -0.39 is 0 Å². The highest BCUT2D eigenvalue weighted by Gasteiger charge is 2.26. The van der Waals surface area contributed by atoms with Gasteiger partial charge >= 0.3 is 0 Å².